The highest BCUT2D eigenvalue weighted by Gasteiger charge is 2.10. The van der Waals surface area contributed by atoms with Crippen LogP contribution in [0.5, 0.6) is 0 Å². The van der Waals surface area contributed by atoms with E-state index in [4.69, 9.17) is 16.7 Å². The minimum atomic E-state index is -0.814. The van der Waals surface area contributed by atoms with Gasteiger partial charge in [-0.05, 0) is 37.0 Å². The lowest BCUT2D eigenvalue weighted by Gasteiger charge is -2.05. The number of aryl methyl sites for hydroxylation is 1. The third kappa shape index (κ3) is 7.48. The first-order valence-corrected chi connectivity index (χ1v) is 7.64. The molecule has 1 aromatic carbocycles. The zero-order chi connectivity index (χ0) is 14.1. The molecule has 0 bridgehead atoms. The molecule has 0 radical (unpaired) electrons. The molecule has 0 aliphatic rings. The van der Waals surface area contributed by atoms with E-state index in [2.05, 4.69) is 24.8 Å². The van der Waals surface area contributed by atoms with Crippen molar-refractivity contribution in [3.8, 4) is 0 Å². The van der Waals surface area contributed by atoms with Crippen molar-refractivity contribution in [2.24, 2.45) is 0 Å². The lowest BCUT2D eigenvalue weighted by Crippen LogP contribution is -2.12. The third-order valence-corrected chi connectivity index (χ3v) is 3.87. The molecule has 1 atom stereocenters. The van der Waals surface area contributed by atoms with Gasteiger partial charge in [0.15, 0.2) is 0 Å². The quantitative estimate of drug-likeness (QED) is 0.516. The molecule has 0 spiro atoms. The Hall–Kier alpha value is -0.670. The normalized spacial score (nSPS) is 12.3. The minimum absolute atomic E-state index is 0.505. The van der Waals surface area contributed by atoms with Crippen LogP contribution in [0, 0.1) is 0 Å². The number of benzene rings is 1. The zero-order valence-electron chi connectivity index (χ0n) is 11.0. The fourth-order valence-electron chi connectivity index (χ4n) is 1.97. The molecule has 19 heavy (non-hydrogen) atoms. The van der Waals surface area contributed by atoms with Gasteiger partial charge >= 0.3 is 5.97 Å². The minimum Gasteiger partial charge on any atom is -0.480 e. The maximum atomic E-state index is 10.6. The van der Waals surface area contributed by atoms with Crippen LogP contribution < -0.4 is 0 Å². The van der Waals surface area contributed by atoms with Crippen LogP contribution in [0.4, 0.5) is 0 Å². The summed E-state index contributed by atoms with van der Waals surface area (Å²) in [6.07, 6.45) is 7.30. The van der Waals surface area contributed by atoms with Crippen LogP contribution in [-0.4, -0.2) is 16.3 Å². The predicted molar refractivity (Wildman–Crippen MR) is 83.3 cm³/mol. The highest BCUT2D eigenvalue weighted by molar-refractivity contribution is 7.81. The third-order valence-electron chi connectivity index (χ3n) is 3.14. The number of carbonyl (C=O) groups is 1. The van der Waals surface area contributed by atoms with Gasteiger partial charge in [0.2, 0.25) is 0 Å². The first kappa shape index (κ1) is 16.4. The van der Waals surface area contributed by atoms with Crippen LogP contribution in [0.25, 0.3) is 0 Å². The first-order valence-electron chi connectivity index (χ1n) is 6.75. The van der Waals surface area contributed by atoms with Crippen LogP contribution >= 0.6 is 24.2 Å². The van der Waals surface area contributed by atoms with Gasteiger partial charge in [0.05, 0.1) is 5.25 Å². The molecule has 0 aromatic heterocycles. The number of aliphatic carboxylic acids is 1. The summed E-state index contributed by atoms with van der Waals surface area (Å²) in [7, 11) is 0. The monoisotopic (exact) mass is 300 g/mol. The molecule has 106 valence electrons. The summed E-state index contributed by atoms with van der Waals surface area (Å²) in [4.78, 5) is 10.6. The number of unbranched alkanes of at least 4 members (excludes halogenated alkanes) is 4. The molecular weight excluding hydrogens is 280 g/mol. The maximum absolute atomic E-state index is 10.6. The summed E-state index contributed by atoms with van der Waals surface area (Å²) >= 11 is 9.84. The first-order chi connectivity index (χ1) is 9.09. The van der Waals surface area contributed by atoms with Gasteiger partial charge in [-0.1, -0.05) is 49.4 Å². The Bertz CT molecular complexity index is 378. The standard InChI is InChI=1S/C15H21ClO2S/c16-13-10-8-12(9-11-13)6-4-2-1-3-5-7-14(19)15(17)18/h8-11,14,19H,1-7H2,(H,17,18). The largest absolute Gasteiger partial charge is 0.480 e. The van der Waals surface area contributed by atoms with E-state index in [1.807, 2.05) is 12.1 Å². The molecule has 1 N–H and O–H groups in total. The van der Waals surface area contributed by atoms with Gasteiger partial charge in [0, 0.05) is 5.02 Å². The molecule has 0 saturated carbocycles. The van der Waals surface area contributed by atoms with Crippen molar-refractivity contribution in [3.05, 3.63) is 34.9 Å². The molecular formula is C15H21ClO2S. The summed E-state index contributed by atoms with van der Waals surface area (Å²) in [5.74, 6) is -0.814. The molecule has 4 heteroatoms. The number of carboxylic acids is 1. The second-order valence-electron chi connectivity index (χ2n) is 4.79. The molecule has 0 saturated heterocycles. The van der Waals surface area contributed by atoms with Crippen molar-refractivity contribution in [1.29, 1.82) is 0 Å². The van der Waals surface area contributed by atoms with Crippen LogP contribution in [0.15, 0.2) is 24.3 Å². The molecule has 0 aliphatic heterocycles. The molecule has 1 aromatic rings. The topological polar surface area (TPSA) is 37.3 Å². The number of thiol groups is 1. The van der Waals surface area contributed by atoms with E-state index in [9.17, 15) is 4.79 Å². The Labute approximate surface area is 125 Å². The Morgan fingerprint density at radius 2 is 1.68 bits per heavy atom. The molecule has 2 nitrogen and oxygen atoms in total. The number of carboxylic acid groups (broad SMARTS) is 1. The predicted octanol–water partition coefficient (Wildman–Crippen LogP) is 4.61. The lowest BCUT2D eigenvalue weighted by atomic mass is 10.0. The van der Waals surface area contributed by atoms with Gasteiger partial charge in [-0.3, -0.25) is 4.79 Å². The molecule has 0 amide bonds. The average molecular weight is 301 g/mol. The van der Waals surface area contributed by atoms with Crippen molar-refractivity contribution < 1.29 is 9.90 Å². The van der Waals surface area contributed by atoms with Crippen LogP contribution in [0.1, 0.15) is 44.1 Å². The highest BCUT2D eigenvalue weighted by Crippen LogP contribution is 2.14. The summed E-state index contributed by atoms with van der Waals surface area (Å²) in [5, 5.41) is 8.96. The second kappa shape index (κ2) is 9.27. The Morgan fingerprint density at radius 1 is 1.11 bits per heavy atom. The Morgan fingerprint density at radius 3 is 2.32 bits per heavy atom. The smallest absolute Gasteiger partial charge is 0.316 e. The van der Waals surface area contributed by atoms with Crippen molar-refractivity contribution in [2.75, 3.05) is 0 Å². The van der Waals surface area contributed by atoms with Crippen LogP contribution in [0.2, 0.25) is 5.02 Å². The van der Waals surface area contributed by atoms with Crippen molar-refractivity contribution in [3.63, 3.8) is 0 Å². The Balaban J connectivity index is 1.99. The molecule has 1 rings (SSSR count). The van der Waals surface area contributed by atoms with E-state index >= 15 is 0 Å². The SMILES string of the molecule is O=C(O)C(S)CCCCCCCc1ccc(Cl)cc1. The maximum Gasteiger partial charge on any atom is 0.316 e. The average Bonchev–Trinajstić information content (AvgIpc) is 2.39. The van der Waals surface area contributed by atoms with E-state index in [0.717, 1.165) is 30.7 Å². The van der Waals surface area contributed by atoms with E-state index in [1.165, 1.54) is 18.4 Å². The van der Waals surface area contributed by atoms with Crippen LogP contribution in [0.3, 0.4) is 0 Å². The van der Waals surface area contributed by atoms with Crippen LogP contribution in [-0.2, 0) is 11.2 Å². The Kier molecular flexibility index (Phi) is 7.99. The lowest BCUT2D eigenvalue weighted by molar-refractivity contribution is -0.136. The molecule has 0 aliphatic carbocycles. The summed E-state index contributed by atoms with van der Waals surface area (Å²) in [6, 6.07) is 7.99. The molecule has 1 unspecified atom stereocenters. The highest BCUT2D eigenvalue weighted by atomic mass is 35.5. The van der Waals surface area contributed by atoms with Gasteiger partial charge in [0.1, 0.15) is 0 Å². The second-order valence-corrected chi connectivity index (χ2v) is 5.85. The summed E-state index contributed by atoms with van der Waals surface area (Å²) in [6.45, 7) is 0. The van der Waals surface area contributed by atoms with E-state index < -0.39 is 11.2 Å². The summed E-state index contributed by atoms with van der Waals surface area (Å²) < 4.78 is 0. The van der Waals surface area contributed by atoms with Crippen molar-refractivity contribution in [2.45, 2.75) is 50.2 Å². The van der Waals surface area contributed by atoms with E-state index in [1.54, 1.807) is 0 Å². The van der Waals surface area contributed by atoms with E-state index in [0.29, 0.717) is 6.42 Å². The summed E-state index contributed by atoms with van der Waals surface area (Å²) in [5.41, 5.74) is 1.32. The fourth-order valence-corrected chi connectivity index (χ4v) is 2.28. The molecule has 0 fully saturated rings. The fraction of sp³-hybridized carbons (Fsp3) is 0.533. The molecule has 0 heterocycles. The number of hydrogen-bond acceptors (Lipinski definition) is 2. The van der Waals surface area contributed by atoms with Gasteiger partial charge < -0.3 is 5.11 Å². The number of hydrogen-bond donors (Lipinski definition) is 2. The van der Waals surface area contributed by atoms with Gasteiger partial charge in [-0.15, -0.1) is 0 Å². The number of halogens is 1. The van der Waals surface area contributed by atoms with Gasteiger partial charge in [-0.25, -0.2) is 0 Å². The van der Waals surface area contributed by atoms with Crippen molar-refractivity contribution in [1.82, 2.24) is 0 Å². The van der Waals surface area contributed by atoms with Crippen molar-refractivity contribution >= 4 is 30.2 Å². The zero-order valence-corrected chi connectivity index (χ0v) is 12.7. The van der Waals surface area contributed by atoms with E-state index in [-0.39, 0.29) is 0 Å². The van der Waals surface area contributed by atoms with Gasteiger partial charge in [-0.2, -0.15) is 12.6 Å². The van der Waals surface area contributed by atoms with Gasteiger partial charge in [0.25, 0.3) is 0 Å². The number of rotatable bonds is 9.